The average Bonchev–Trinajstić information content (AvgIpc) is 2.17. The minimum absolute atomic E-state index is 0.378. The van der Waals surface area contributed by atoms with Gasteiger partial charge in [-0.15, -0.1) is 0 Å². The van der Waals surface area contributed by atoms with E-state index in [1.165, 1.54) is 32.1 Å². The zero-order chi connectivity index (χ0) is 11.1. The van der Waals surface area contributed by atoms with Gasteiger partial charge in [-0.05, 0) is 49.9 Å². The number of hydrogen-bond donors (Lipinski definition) is 0. The second-order valence-electron chi connectivity index (χ2n) is 6.21. The minimum Gasteiger partial charge on any atom is -0.300 e. The number of carbonyl (C=O) groups is 1. The first-order valence-corrected chi connectivity index (χ1v) is 6.53. The van der Waals surface area contributed by atoms with Gasteiger partial charge in [-0.25, -0.2) is 0 Å². The summed E-state index contributed by atoms with van der Waals surface area (Å²) in [7, 11) is 0. The molecule has 2 rings (SSSR count). The molecule has 1 unspecified atom stereocenters. The number of Topliss-reactive ketones (excluding diaryl/α,β-unsaturated/α-hetero) is 1. The van der Waals surface area contributed by atoms with E-state index in [0.29, 0.717) is 17.1 Å². The molecule has 0 saturated heterocycles. The lowest BCUT2D eigenvalue weighted by molar-refractivity contribution is -0.124. The molecule has 2 aliphatic rings. The van der Waals surface area contributed by atoms with Crippen LogP contribution in [-0.2, 0) is 4.79 Å². The van der Waals surface area contributed by atoms with Crippen molar-refractivity contribution in [2.75, 3.05) is 0 Å². The first kappa shape index (κ1) is 11.2. The molecular weight excluding hydrogens is 184 g/mol. The summed E-state index contributed by atoms with van der Waals surface area (Å²) in [6.07, 6.45) is 7.78. The number of fused-ring (bicyclic) bond motifs is 1. The van der Waals surface area contributed by atoms with Crippen LogP contribution in [0.5, 0.6) is 0 Å². The molecule has 4 atom stereocenters. The molecule has 0 heterocycles. The van der Waals surface area contributed by atoms with Crippen molar-refractivity contribution >= 4 is 5.78 Å². The van der Waals surface area contributed by atoms with E-state index in [1.807, 2.05) is 0 Å². The maximum atomic E-state index is 11.5. The van der Waals surface area contributed by atoms with Crippen molar-refractivity contribution < 1.29 is 4.79 Å². The van der Waals surface area contributed by atoms with E-state index in [4.69, 9.17) is 0 Å². The van der Waals surface area contributed by atoms with Crippen LogP contribution in [0.2, 0.25) is 0 Å². The molecule has 0 N–H and O–H groups in total. The smallest absolute Gasteiger partial charge is 0.132 e. The van der Waals surface area contributed by atoms with Crippen LogP contribution in [0.1, 0.15) is 59.3 Å². The number of ketones is 1. The molecule has 2 saturated carbocycles. The Morgan fingerprint density at radius 3 is 2.67 bits per heavy atom. The summed E-state index contributed by atoms with van der Waals surface area (Å²) in [6, 6.07) is 0. The van der Waals surface area contributed by atoms with Crippen molar-refractivity contribution in [1.82, 2.24) is 0 Å². The predicted octanol–water partition coefficient (Wildman–Crippen LogP) is 3.82. The van der Waals surface area contributed by atoms with Crippen LogP contribution in [0.3, 0.4) is 0 Å². The van der Waals surface area contributed by atoms with E-state index in [-0.39, 0.29) is 0 Å². The molecular formula is C14H24O. The minimum atomic E-state index is 0.378. The lowest BCUT2D eigenvalue weighted by Crippen LogP contribution is -2.42. The van der Waals surface area contributed by atoms with Gasteiger partial charge in [-0.2, -0.15) is 0 Å². The Morgan fingerprint density at radius 1 is 1.27 bits per heavy atom. The second kappa shape index (κ2) is 3.92. The van der Waals surface area contributed by atoms with Gasteiger partial charge in [0.05, 0.1) is 0 Å². The van der Waals surface area contributed by atoms with Crippen LogP contribution in [0.4, 0.5) is 0 Å². The zero-order valence-corrected chi connectivity index (χ0v) is 10.4. The SMILES string of the molecule is CC(=O)C1CC[C@@]2(C)CCC[C@@H](C)[C@H]2C1. The summed E-state index contributed by atoms with van der Waals surface area (Å²) in [5, 5.41) is 0. The Hall–Kier alpha value is -0.330. The monoisotopic (exact) mass is 208 g/mol. The Morgan fingerprint density at radius 2 is 2.00 bits per heavy atom. The largest absolute Gasteiger partial charge is 0.300 e. The molecule has 15 heavy (non-hydrogen) atoms. The fourth-order valence-electron chi connectivity index (χ4n) is 4.03. The number of carbonyl (C=O) groups excluding carboxylic acids is 1. The molecule has 2 aliphatic carbocycles. The van der Waals surface area contributed by atoms with Gasteiger partial charge in [0.15, 0.2) is 0 Å². The molecule has 86 valence electrons. The maximum absolute atomic E-state index is 11.5. The third-order valence-corrected chi connectivity index (χ3v) is 5.17. The zero-order valence-electron chi connectivity index (χ0n) is 10.4. The Kier molecular flexibility index (Phi) is 2.92. The molecule has 1 nitrogen and oxygen atoms in total. The molecule has 2 fully saturated rings. The van der Waals surface area contributed by atoms with E-state index >= 15 is 0 Å². The quantitative estimate of drug-likeness (QED) is 0.640. The highest BCUT2D eigenvalue weighted by atomic mass is 16.1. The molecule has 1 heteroatoms. The molecule has 0 amide bonds. The maximum Gasteiger partial charge on any atom is 0.132 e. The molecule has 0 radical (unpaired) electrons. The summed E-state index contributed by atoms with van der Waals surface area (Å²) in [4.78, 5) is 11.5. The van der Waals surface area contributed by atoms with Gasteiger partial charge in [-0.1, -0.05) is 26.7 Å². The van der Waals surface area contributed by atoms with E-state index in [2.05, 4.69) is 13.8 Å². The van der Waals surface area contributed by atoms with E-state index in [1.54, 1.807) is 6.92 Å². The van der Waals surface area contributed by atoms with Gasteiger partial charge >= 0.3 is 0 Å². The molecule has 0 aromatic rings. The number of hydrogen-bond acceptors (Lipinski definition) is 1. The topological polar surface area (TPSA) is 17.1 Å². The van der Waals surface area contributed by atoms with Crippen molar-refractivity contribution in [3.05, 3.63) is 0 Å². The summed E-state index contributed by atoms with van der Waals surface area (Å²) < 4.78 is 0. The first-order valence-electron chi connectivity index (χ1n) is 6.53. The van der Waals surface area contributed by atoms with Crippen LogP contribution < -0.4 is 0 Å². The van der Waals surface area contributed by atoms with Crippen molar-refractivity contribution in [3.63, 3.8) is 0 Å². The Balaban J connectivity index is 2.12. The Bertz CT molecular complexity index is 258. The summed E-state index contributed by atoms with van der Waals surface area (Å²) in [5.74, 6) is 2.46. The van der Waals surface area contributed by atoms with Gasteiger partial charge < -0.3 is 0 Å². The highest BCUT2D eigenvalue weighted by Gasteiger charge is 2.44. The summed E-state index contributed by atoms with van der Waals surface area (Å²) in [6.45, 7) is 6.63. The van der Waals surface area contributed by atoms with Crippen molar-refractivity contribution in [3.8, 4) is 0 Å². The molecule has 0 aromatic heterocycles. The van der Waals surface area contributed by atoms with E-state index in [9.17, 15) is 4.79 Å². The fourth-order valence-corrected chi connectivity index (χ4v) is 4.03. The highest BCUT2D eigenvalue weighted by Crippen LogP contribution is 2.53. The molecule has 0 aliphatic heterocycles. The van der Waals surface area contributed by atoms with Gasteiger partial charge in [0, 0.05) is 5.92 Å². The highest BCUT2D eigenvalue weighted by molar-refractivity contribution is 5.78. The molecule has 0 bridgehead atoms. The van der Waals surface area contributed by atoms with Crippen molar-refractivity contribution in [2.24, 2.45) is 23.2 Å². The third kappa shape index (κ3) is 1.98. The van der Waals surface area contributed by atoms with Crippen LogP contribution in [0.15, 0.2) is 0 Å². The van der Waals surface area contributed by atoms with E-state index in [0.717, 1.165) is 18.3 Å². The average molecular weight is 208 g/mol. The lowest BCUT2D eigenvalue weighted by atomic mass is 9.55. The lowest BCUT2D eigenvalue weighted by Gasteiger charge is -2.50. The summed E-state index contributed by atoms with van der Waals surface area (Å²) >= 11 is 0. The first-order chi connectivity index (χ1) is 7.03. The second-order valence-corrected chi connectivity index (χ2v) is 6.21. The predicted molar refractivity (Wildman–Crippen MR) is 62.6 cm³/mol. The van der Waals surface area contributed by atoms with Gasteiger partial charge in [0.2, 0.25) is 0 Å². The normalized spacial score (nSPS) is 45.9. The van der Waals surface area contributed by atoms with Crippen molar-refractivity contribution in [2.45, 2.75) is 59.3 Å². The van der Waals surface area contributed by atoms with Crippen molar-refractivity contribution in [1.29, 1.82) is 0 Å². The number of rotatable bonds is 1. The van der Waals surface area contributed by atoms with Gasteiger partial charge in [0.25, 0.3) is 0 Å². The van der Waals surface area contributed by atoms with E-state index < -0.39 is 0 Å². The van der Waals surface area contributed by atoms with Gasteiger partial charge in [-0.3, -0.25) is 4.79 Å². The van der Waals surface area contributed by atoms with Crippen LogP contribution in [0, 0.1) is 23.2 Å². The van der Waals surface area contributed by atoms with Gasteiger partial charge in [0.1, 0.15) is 5.78 Å². The summed E-state index contributed by atoms with van der Waals surface area (Å²) in [5.41, 5.74) is 0.559. The fraction of sp³-hybridized carbons (Fsp3) is 0.929. The van der Waals surface area contributed by atoms with Crippen LogP contribution in [-0.4, -0.2) is 5.78 Å². The molecule has 0 spiro atoms. The van der Waals surface area contributed by atoms with Crippen LogP contribution >= 0.6 is 0 Å². The molecule has 0 aromatic carbocycles. The third-order valence-electron chi connectivity index (χ3n) is 5.17. The van der Waals surface area contributed by atoms with Crippen LogP contribution in [0.25, 0.3) is 0 Å². The standard InChI is InChI=1S/C14H24O/c1-10-5-4-7-14(3)8-6-12(11(2)15)9-13(10)14/h10,12-13H,4-9H2,1-3H3/t10-,12?,13-,14-/m1/s1. The Labute approximate surface area is 93.6 Å².